The molecular formula is C9H7N7. The van der Waals surface area contributed by atoms with Crippen LogP contribution in [-0.4, -0.2) is 12.0 Å². The summed E-state index contributed by atoms with van der Waals surface area (Å²) in [6.07, 6.45) is 0. The number of rotatable bonds is 1. The monoisotopic (exact) mass is 213 g/mol. The van der Waals surface area contributed by atoms with Crippen LogP contribution in [0.5, 0.6) is 0 Å². The van der Waals surface area contributed by atoms with Crippen molar-refractivity contribution in [3.05, 3.63) is 16.7 Å². The van der Waals surface area contributed by atoms with Gasteiger partial charge in [-0.2, -0.15) is 15.8 Å². The van der Waals surface area contributed by atoms with Crippen LogP contribution in [0.25, 0.3) is 0 Å². The average molecular weight is 213 g/mol. The average Bonchev–Trinajstić information content (AvgIpc) is 2.27. The van der Waals surface area contributed by atoms with Crippen LogP contribution in [-0.2, 0) is 0 Å². The van der Waals surface area contributed by atoms with Crippen LogP contribution in [0.3, 0.4) is 0 Å². The number of hydrazine groups is 1. The maximum absolute atomic E-state index is 8.92. The summed E-state index contributed by atoms with van der Waals surface area (Å²) in [7, 11) is 1.45. The van der Waals surface area contributed by atoms with E-state index in [1.807, 2.05) is 0 Å². The van der Waals surface area contributed by atoms with E-state index in [2.05, 4.69) is 4.98 Å². The van der Waals surface area contributed by atoms with Gasteiger partial charge in [0, 0.05) is 7.05 Å². The Hall–Kier alpha value is -2.82. The summed E-state index contributed by atoms with van der Waals surface area (Å²) in [6, 6.07) is 5.28. The molecule has 1 aromatic rings. The number of nitriles is 3. The zero-order chi connectivity index (χ0) is 12.3. The van der Waals surface area contributed by atoms with Gasteiger partial charge in [0.15, 0.2) is 5.82 Å². The number of nitrogen functional groups attached to an aromatic ring is 1. The molecule has 7 nitrogen and oxygen atoms in total. The number of nitrogens with two attached hydrogens (primary N) is 2. The molecule has 78 valence electrons. The number of hydrogen-bond donors (Lipinski definition) is 2. The summed E-state index contributed by atoms with van der Waals surface area (Å²) >= 11 is 0. The first-order valence-electron chi connectivity index (χ1n) is 4.09. The molecule has 0 saturated carbocycles. The molecule has 0 aliphatic rings. The van der Waals surface area contributed by atoms with Crippen molar-refractivity contribution < 1.29 is 0 Å². The van der Waals surface area contributed by atoms with Crippen LogP contribution >= 0.6 is 0 Å². The van der Waals surface area contributed by atoms with Crippen molar-refractivity contribution in [2.45, 2.75) is 0 Å². The molecule has 0 aliphatic carbocycles. The van der Waals surface area contributed by atoms with Crippen molar-refractivity contribution >= 4 is 11.6 Å². The predicted molar refractivity (Wildman–Crippen MR) is 55.4 cm³/mol. The molecule has 0 bridgehead atoms. The molecule has 1 aromatic heterocycles. The Kier molecular flexibility index (Phi) is 2.91. The minimum atomic E-state index is -0.120. The lowest BCUT2D eigenvalue weighted by atomic mass is 10.1. The fourth-order valence-corrected chi connectivity index (χ4v) is 1.18. The lowest BCUT2D eigenvalue weighted by Crippen LogP contribution is -2.28. The van der Waals surface area contributed by atoms with Gasteiger partial charge < -0.3 is 5.73 Å². The van der Waals surface area contributed by atoms with Crippen molar-refractivity contribution in [3.63, 3.8) is 0 Å². The van der Waals surface area contributed by atoms with E-state index >= 15 is 0 Å². The van der Waals surface area contributed by atoms with E-state index in [9.17, 15) is 0 Å². The number of hydrogen-bond acceptors (Lipinski definition) is 7. The van der Waals surface area contributed by atoms with E-state index in [-0.39, 0.29) is 28.3 Å². The minimum Gasteiger partial charge on any atom is -0.382 e. The number of nitrogens with zero attached hydrogens (tertiary/aromatic N) is 5. The fourth-order valence-electron chi connectivity index (χ4n) is 1.18. The van der Waals surface area contributed by atoms with Crippen LogP contribution in [0.1, 0.15) is 16.7 Å². The zero-order valence-electron chi connectivity index (χ0n) is 8.39. The third kappa shape index (κ3) is 1.57. The first-order chi connectivity index (χ1) is 7.56. The van der Waals surface area contributed by atoms with E-state index in [0.29, 0.717) is 0 Å². The van der Waals surface area contributed by atoms with Crippen molar-refractivity contribution in [3.8, 4) is 18.2 Å². The van der Waals surface area contributed by atoms with E-state index in [4.69, 9.17) is 27.4 Å². The Morgan fingerprint density at radius 1 is 1.06 bits per heavy atom. The first kappa shape index (κ1) is 11.3. The van der Waals surface area contributed by atoms with Gasteiger partial charge in [0.05, 0.1) is 5.56 Å². The van der Waals surface area contributed by atoms with Gasteiger partial charge in [-0.15, -0.1) is 0 Å². The number of pyridine rings is 1. The first-order valence-corrected chi connectivity index (χ1v) is 4.09. The molecule has 0 saturated heterocycles. The summed E-state index contributed by atoms with van der Waals surface area (Å²) in [5.41, 5.74) is 5.22. The van der Waals surface area contributed by atoms with Crippen LogP contribution in [0, 0.1) is 34.0 Å². The van der Waals surface area contributed by atoms with E-state index < -0.39 is 0 Å². The third-order valence-corrected chi connectivity index (χ3v) is 1.88. The predicted octanol–water partition coefficient (Wildman–Crippen LogP) is -0.411. The molecule has 0 atom stereocenters. The lowest BCUT2D eigenvalue weighted by molar-refractivity contribution is 0.972. The Morgan fingerprint density at radius 3 is 1.94 bits per heavy atom. The van der Waals surface area contributed by atoms with Gasteiger partial charge in [0.25, 0.3) is 0 Å². The molecule has 0 spiro atoms. The van der Waals surface area contributed by atoms with Gasteiger partial charge in [-0.25, -0.2) is 10.8 Å². The van der Waals surface area contributed by atoms with E-state index in [1.165, 1.54) is 7.05 Å². The minimum absolute atomic E-state index is 0.0572. The molecule has 16 heavy (non-hydrogen) atoms. The molecule has 7 heteroatoms. The van der Waals surface area contributed by atoms with Crippen molar-refractivity contribution in [1.29, 1.82) is 15.8 Å². The van der Waals surface area contributed by atoms with E-state index in [1.54, 1.807) is 18.2 Å². The second-order valence-electron chi connectivity index (χ2n) is 2.89. The molecule has 0 fully saturated rings. The lowest BCUT2D eigenvalue weighted by Gasteiger charge is -2.14. The zero-order valence-corrected chi connectivity index (χ0v) is 8.39. The number of anilines is 2. The Bertz CT molecular complexity index is 553. The molecule has 0 radical (unpaired) electrons. The van der Waals surface area contributed by atoms with Crippen LogP contribution in [0.2, 0.25) is 0 Å². The molecule has 0 amide bonds. The normalized spacial score (nSPS) is 8.69. The largest absolute Gasteiger partial charge is 0.382 e. The maximum atomic E-state index is 8.92. The second kappa shape index (κ2) is 4.14. The summed E-state index contributed by atoms with van der Waals surface area (Å²) < 4.78 is 0. The summed E-state index contributed by atoms with van der Waals surface area (Å²) in [6.45, 7) is 0. The highest BCUT2D eigenvalue weighted by Gasteiger charge is 2.19. The highest BCUT2D eigenvalue weighted by Crippen LogP contribution is 2.24. The Morgan fingerprint density at radius 2 is 1.56 bits per heavy atom. The standard InChI is InChI=1S/C9H7N7/c1-16(14)9-7(4-12)5(2-10)6(3-11)8(13)15-9/h14H2,1H3,(H2,13,15). The molecule has 0 unspecified atom stereocenters. The van der Waals surface area contributed by atoms with Crippen molar-refractivity contribution in [2.24, 2.45) is 5.84 Å². The van der Waals surface area contributed by atoms with Gasteiger partial charge in [0.2, 0.25) is 0 Å². The number of aromatic nitrogens is 1. The van der Waals surface area contributed by atoms with Crippen LogP contribution in [0.15, 0.2) is 0 Å². The highest BCUT2D eigenvalue weighted by molar-refractivity contribution is 5.71. The van der Waals surface area contributed by atoms with Crippen molar-refractivity contribution in [1.82, 2.24) is 4.98 Å². The van der Waals surface area contributed by atoms with Gasteiger partial charge in [-0.3, -0.25) is 5.01 Å². The fraction of sp³-hybridized carbons (Fsp3) is 0.111. The molecular weight excluding hydrogens is 206 g/mol. The molecule has 4 N–H and O–H groups in total. The third-order valence-electron chi connectivity index (χ3n) is 1.88. The second-order valence-corrected chi connectivity index (χ2v) is 2.89. The molecule has 1 heterocycles. The quantitative estimate of drug-likeness (QED) is 0.477. The molecule has 1 rings (SSSR count). The highest BCUT2D eigenvalue weighted by atomic mass is 15.4. The summed E-state index contributed by atoms with van der Waals surface area (Å²) in [5, 5.41) is 27.7. The Labute approximate surface area is 91.7 Å². The maximum Gasteiger partial charge on any atom is 0.164 e. The molecule has 0 aliphatic heterocycles. The van der Waals surface area contributed by atoms with Crippen molar-refractivity contribution in [2.75, 3.05) is 17.8 Å². The van der Waals surface area contributed by atoms with Gasteiger partial charge >= 0.3 is 0 Å². The van der Waals surface area contributed by atoms with Crippen LogP contribution < -0.4 is 16.6 Å². The van der Waals surface area contributed by atoms with Gasteiger partial charge in [0.1, 0.15) is 35.2 Å². The van der Waals surface area contributed by atoms with E-state index in [0.717, 1.165) is 5.01 Å². The smallest absolute Gasteiger partial charge is 0.164 e. The van der Waals surface area contributed by atoms with Gasteiger partial charge in [-0.1, -0.05) is 0 Å². The Balaban J connectivity index is 3.76. The van der Waals surface area contributed by atoms with Gasteiger partial charge in [-0.05, 0) is 0 Å². The SMILES string of the molecule is CN(N)c1nc(N)c(C#N)c(C#N)c1C#N. The summed E-state index contributed by atoms with van der Waals surface area (Å²) in [5.74, 6) is 5.39. The topological polar surface area (TPSA) is 140 Å². The molecule has 0 aromatic carbocycles. The summed E-state index contributed by atoms with van der Waals surface area (Å²) in [4.78, 5) is 3.81. The van der Waals surface area contributed by atoms with Crippen LogP contribution in [0.4, 0.5) is 11.6 Å².